The molecule has 234 valence electrons. The van der Waals surface area contributed by atoms with Gasteiger partial charge in [0.05, 0.1) is 11.0 Å². The van der Waals surface area contributed by atoms with Crippen LogP contribution in [0.25, 0.3) is 83.3 Å². The molecule has 0 unspecified atom stereocenters. The molecular weight excluding hydrogens is 587 g/mol. The molecule has 0 aliphatic carbocycles. The number of aromatic nitrogens is 3. The van der Waals surface area contributed by atoms with E-state index in [9.17, 15) is 0 Å². The second-order valence-corrected chi connectivity index (χ2v) is 12.2. The highest BCUT2D eigenvalue weighted by molar-refractivity contribution is 6.23. The zero-order chi connectivity index (χ0) is 32.8. The van der Waals surface area contributed by atoms with Crippen LogP contribution in [0.3, 0.4) is 0 Å². The van der Waals surface area contributed by atoms with Gasteiger partial charge in [-0.25, -0.2) is 4.98 Å². The van der Waals surface area contributed by atoms with Crippen molar-refractivity contribution in [1.82, 2.24) is 14.1 Å². The van der Waals surface area contributed by atoms with Crippen molar-refractivity contribution in [1.29, 1.82) is 0 Å². The Morgan fingerprint density at radius 2 is 1.08 bits per heavy atom. The number of fused-ring (bicyclic) bond motifs is 6. The maximum Gasteiger partial charge on any atom is 0.227 e. The van der Waals surface area contributed by atoms with Crippen LogP contribution in [0, 0.1) is 0 Å². The van der Waals surface area contributed by atoms with E-state index < -0.39 is 0 Å². The van der Waals surface area contributed by atoms with Crippen LogP contribution >= 0.6 is 0 Å². The molecule has 4 nitrogen and oxygen atoms in total. The highest BCUT2D eigenvalue weighted by atomic mass is 16.3. The average Bonchev–Trinajstić information content (AvgIpc) is 3.83. The fraction of sp³-hybridized carbons (Fsp3) is 0.114. The first-order valence-electron chi connectivity index (χ1n) is 16.8. The van der Waals surface area contributed by atoms with E-state index in [-0.39, 0.29) is 6.04 Å². The Kier molecular flexibility index (Phi) is 7.41. The molecule has 0 fully saturated rings. The molecule has 0 saturated carbocycles. The van der Waals surface area contributed by atoms with Gasteiger partial charge in [0.15, 0.2) is 5.58 Å². The molecule has 0 aliphatic rings. The molecule has 4 heteroatoms. The Morgan fingerprint density at radius 1 is 0.542 bits per heavy atom. The van der Waals surface area contributed by atoms with Crippen LogP contribution in [-0.4, -0.2) is 14.1 Å². The van der Waals surface area contributed by atoms with E-state index in [1.807, 2.05) is 38.1 Å². The van der Waals surface area contributed by atoms with Crippen LogP contribution < -0.4 is 0 Å². The molecule has 9 rings (SSSR count). The SMILES string of the molecule is CC.CC(C)n1c2ccc(-c3ccccc3)cc2c2c3cc(-c4ccccc4)ccc3n(-c3ccc(-c4nc5ccccc5o4)cc3)c21. The van der Waals surface area contributed by atoms with Crippen LogP contribution in [0.4, 0.5) is 0 Å². The van der Waals surface area contributed by atoms with Crippen molar-refractivity contribution in [3.05, 3.63) is 146 Å². The third-order valence-electron chi connectivity index (χ3n) is 9.09. The summed E-state index contributed by atoms with van der Waals surface area (Å²) in [6.45, 7) is 8.55. The second kappa shape index (κ2) is 12.1. The summed E-state index contributed by atoms with van der Waals surface area (Å²) in [5.41, 5.74) is 12.2. The van der Waals surface area contributed by atoms with Crippen LogP contribution in [0.5, 0.6) is 0 Å². The van der Waals surface area contributed by atoms with E-state index >= 15 is 0 Å². The van der Waals surface area contributed by atoms with Crippen LogP contribution in [0.1, 0.15) is 33.7 Å². The number of hydrogen-bond donors (Lipinski definition) is 0. The minimum absolute atomic E-state index is 0.248. The third kappa shape index (κ3) is 4.80. The van der Waals surface area contributed by atoms with Crippen molar-refractivity contribution < 1.29 is 4.42 Å². The zero-order valence-corrected chi connectivity index (χ0v) is 27.7. The number of oxazole rings is 1. The van der Waals surface area contributed by atoms with Gasteiger partial charge in [-0.15, -0.1) is 0 Å². The predicted molar refractivity (Wildman–Crippen MR) is 202 cm³/mol. The number of rotatable bonds is 5. The van der Waals surface area contributed by atoms with Crippen LogP contribution in [-0.2, 0) is 0 Å². The fourth-order valence-corrected chi connectivity index (χ4v) is 6.98. The number of hydrogen-bond acceptors (Lipinski definition) is 2. The third-order valence-corrected chi connectivity index (χ3v) is 9.09. The molecule has 0 aliphatic heterocycles. The van der Waals surface area contributed by atoms with Gasteiger partial charge in [-0.05, 0) is 96.8 Å². The highest BCUT2D eigenvalue weighted by Gasteiger charge is 2.23. The molecule has 0 spiro atoms. The first-order valence-corrected chi connectivity index (χ1v) is 16.8. The molecule has 0 N–H and O–H groups in total. The Hall–Kier alpha value is -5.87. The number of benzene rings is 6. The Bertz CT molecular complexity index is 2500. The number of nitrogens with zero attached hydrogens (tertiary/aromatic N) is 3. The smallest absolute Gasteiger partial charge is 0.227 e. The molecule has 9 aromatic rings. The lowest BCUT2D eigenvalue weighted by atomic mass is 10.0. The molecule has 6 aromatic carbocycles. The summed E-state index contributed by atoms with van der Waals surface area (Å²) in [7, 11) is 0. The van der Waals surface area contributed by atoms with Crippen LogP contribution in [0.2, 0.25) is 0 Å². The molecule has 0 saturated heterocycles. The topological polar surface area (TPSA) is 35.9 Å². The predicted octanol–water partition coefficient (Wildman–Crippen LogP) is 12.5. The van der Waals surface area contributed by atoms with E-state index in [4.69, 9.17) is 9.40 Å². The lowest BCUT2D eigenvalue weighted by Gasteiger charge is -2.16. The van der Waals surface area contributed by atoms with Crippen molar-refractivity contribution in [3.8, 4) is 39.4 Å². The van der Waals surface area contributed by atoms with Crippen molar-refractivity contribution >= 4 is 43.9 Å². The van der Waals surface area contributed by atoms with Gasteiger partial charge in [-0.3, -0.25) is 4.57 Å². The van der Waals surface area contributed by atoms with Gasteiger partial charge >= 0.3 is 0 Å². The lowest BCUT2D eigenvalue weighted by Crippen LogP contribution is -2.05. The summed E-state index contributed by atoms with van der Waals surface area (Å²) in [6.07, 6.45) is 0. The van der Waals surface area contributed by atoms with Gasteiger partial charge < -0.3 is 8.98 Å². The van der Waals surface area contributed by atoms with Crippen molar-refractivity contribution in [3.63, 3.8) is 0 Å². The largest absolute Gasteiger partial charge is 0.436 e. The zero-order valence-electron chi connectivity index (χ0n) is 27.7. The Morgan fingerprint density at radius 3 is 1.69 bits per heavy atom. The standard InChI is InChI=1S/C42H31N3O.C2H6/c1-27(2)44-37-23-19-31(28-11-5-3-6-12-28)25-34(37)40-35-26-32(29-13-7-4-8-14-29)20-24-38(35)45(42(40)44)33-21-17-30(18-22-33)41-43-36-15-9-10-16-39(36)46-41;1-2/h3-27H,1-2H3;1-2H3. The van der Waals surface area contributed by atoms with E-state index in [0.29, 0.717) is 5.89 Å². The molecule has 3 aromatic heterocycles. The van der Waals surface area contributed by atoms with Crippen molar-refractivity contribution in [2.45, 2.75) is 33.7 Å². The fourth-order valence-electron chi connectivity index (χ4n) is 6.98. The van der Waals surface area contributed by atoms with Gasteiger partial charge in [0.2, 0.25) is 5.89 Å². The molecule has 0 bridgehead atoms. The molecule has 0 radical (unpaired) electrons. The van der Waals surface area contributed by atoms with Crippen LogP contribution in [0.15, 0.2) is 150 Å². The number of para-hydroxylation sites is 2. The normalized spacial score (nSPS) is 11.5. The van der Waals surface area contributed by atoms with E-state index in [2.05, 4.69) is 144 Å². The van der Waals surface area contributed by atoms with Crippen molar-refractivity contribution in [2.75, 3.05) is 0 Å². The minimum Gasteiger partial charge on any atom is -0.436 e. The summed E-state index contributed by atoms with van der Waals surface area (Å²) < 4.78 is 11.0. The summed E-state index contributed by atoms with van der Waals surface area (Å²) >= 11 is 0. The highest BCUT2D eigenvalue weighted by Crippen LogP contribution is 2.43. The first kappa shape index (κ1) is 29.5. The lowest BCUT2D eigenvalue weighted by molar-refractivity contribution is 0.620. The molecule has 48 heavy (non-hydrogen) atoms. The monoisotopic (exact) mass is 623 g/mol. The maximum atomic E-state index is 6.10. The molecule has 0 amide bonds. The summed E-state index contributed by atoms with van der Waals surface area (Å²) in [5.74, 6) is 0.632. The van der Waals surface area contributed by atoms with Gasteiger partial charge in [-0.1, -0.05) is 98.8 Å². The Balaban J connectivity index is 0.00000165. The summed E-state index contributed by atoms with van der Waals surface area (Å²) in [4.78, 5) is 4.74. The summed E-state index contributed by atoms with van der Waals surface area (Å²) in [5, 5.41) is 3.79. The van der Waals surface area contributed by atoms with E-state index in [1.54, 1.807) is 0 Å². The Labute approximate surface area is 280 Å². The maximum absolute atomic E-state index is 6.10. The summed E-state index contributed by atoms with van der Waals surface area (Å²) in [6, 6.07) is 51.9. The molecule has 0 atom stereocenters. The van der Waals surface area contributed by atoms with Gasteiger partial charge in [0.1, 0.15) is 11.2 Å². The average molecular weight is 624 g/mol. The van der Waals surface area contributed by atoms with E-state index in [0.717, 1.165) is 22.4 Å². The van der Waals surface area contributed by atoms with Gasteiger partial charge in [0.25, 0.3) is 0 Å². The molecule has 3 heterocycles. The minimum atomic E-state index is 0.248. The van der Waals surface area contributed by atoms with Gasteiger partial charge in [-0.2, -0.15) is 0 Å². The quantitative estimate of drug-likeness (QED) is 0.191. The first-order chi connectivity index (χ1) is 23.6. The second-order valence-electron chi connectivity index (χ2n) is 12.2. The molecular formula is C44H37N3O. The van der Waals surface area contributed by atoms with Gasteiger partial charge in [0, 0.05) is 33.5 Å². The van der Waals surface area contributed by atoms with E-state index in [1.165, 1.54) is 55.1 Å². The van der Waals surface area contributed by atoms with Crippen molar-refractivity contribution in [2.24, 2.45) is 0 Å².